The third kappa shape index (κ3) is 3.75. The van der Waals surface area contributed by atoms with Gasteiger partial charge in [0.05, 0.1) is 18.0 Å². The van der Waals surface area contributed by atoms with Crippen molar-refractivity contribution in [2.24, 2.45) is 0 Å². The molecule has 21 heavy (non-hydrogen) atoms. The molecule has 2 heterocycles. The highest BCUT2D eigenvalue weighted by Crippen LogP contribution is 2.33. The number of fused-ring (bicyclic) bond motifs is 1. The predicted octanol–water partition coefficient (Wildman–Crippen LogP) is 0.574. The molecule has 0 aromatic heterocycles. The summed E-state index contributed by atoms with van der Waals surface area (Å²) in [6.07, 6.45) is 0. The number of thioether (sulfide) groups is 1. The van der Waals surface area contributed by atoms with E-state index in [1.165, 1.54) is 11.8 Å². The molecule has 0 aliphatic carbocycles. The first kappa shape index (κ1) is 14.4. The Morgan fingerprint density at radius 2 is 2.14 bits per heavy atom. The Morgan fingerprint density at radius 1 is 1.33 bits per heavy atom. The summed E-state index contributed by atoms with van der Waals surface area (Å²) in [5.74, 6) is 0.422. The van der Waals surface area contributed by atoms with Crippen molar-refractivity contribution in [3.8, 4) is 0 Å². The molecule has 2 aliphatic heterocycles. The maximum absolute atomic E-state index is 12.0. The van der Waals surface area contributed by atoms with Gasteiger partial charge in [0.1, 0.15) is 0 Å². The van der Waals surface area contributed by atoms with E-state index < -0.39 is 0 Å². The van der Waals surface area contributed by atoms with Crippen LogP contribution in [0.1, 0.15) is 0 Å². The number of amides is 2. The Hall–Kier alpha value is -1.57. The number of nitrogens with one attached hydrogen (secondary N) is 3. The van der Waals surface area contributed by atoms with Crippen molar-refractivity contribution in [2.75, 3.05) is 49.1 Å². The number of anilines is 2. The number of nitrogens with zero attached hydrogens (tertiary/aromatic N) is 1. The molecule has 0 unspecified atom stereocenters. The molecule has 0 saturated carbocycles. The third-order valence-corrected chi connectivity index (χ3v) is 4.55. The highest BCUT2D eigenvalue weighted by Gasteiger charge is 2.17. The minimum absolute atomic E-state index is 0.00297. The van der Waals surface area contributed by atoms with E-state index >= 15 is 0 Å². The first-order chi connectivity index (χ1) is 10.2. The van der Waals surface area contributed by atoms with Crippen LogP contribution in [0.4, 0.5) is 11.4 Å². The third-order valence-electron chi connectivity index (χ3n) is 3.47. The van der Waals surface area contributed by atoms with E-state index in [4.69, 9.17) is 0 Å². The summed E-state index contributed by atoms with van der Waals surface area (Å²) < 4.78 is 0. The van der Waals surface area contributed by atoms with Gasteiger partial charge < -0.3 is 16.0 Å². The van der Waals surface area contributed by atoms with Gasteiger partial charge in [0.25, 0.3) is 0 Å². The van der Waals surface area contributed by atoms with Crippen LogP contribution in [0.15, 0.2) is 23.1 Å². The van der Waals surface area contributed by atoms with Crippen LogP contribution in [0, 0.1) is 0 Å². The minimum atomic E-state index is -0.0216. The topological polar surface area (TPSA) is 73.5 Å². The fourth-order valence-corrected chi connectivity index (χ4v) is 3.22. The number of piperazine rings is 1. The summed E-state index contributed by atoms with van der Waals surface area (Å²) in [5.41, 5.74) is 1.49. The Bertz CT molecular complexity index is 558. The second kappa shape index (κ2) is 6.46. The summed E-state index contributed by atoms with van der Waals surface area (Å²) in [4.78, 5) is 26.6. The maximum atomic E-state index is 12.0. The van der Waals surface area contributed by atoms with Gasteiger partial charge in [-0.1, -0.05) is 0 Å². The second-order valence-electron chi connectivity index (χ2n) is 5.12. The van der Waals surface area contributed by atoms with E-state index in [0.717, 1.165) is 42.4 Å². The summed E-state index contributed by atoms with van der Waals surface area (Å²) in [5, 5.41) is 8.98. The predicted molar refractivity (Wildman–Crippen MR) is 83.7 cm³/mol. The highest BCUT2D eigenvalue weighted by atomic mass is 32.2. The fraction of sp³-hybridized carbons (Fsp3) is 0.429. The van der Waals surface area contributed by atoms with Crippen molar-refractivity contribution >= 4 is 35.0 Å². The van der Waals surface area contributed by atoms with Gasteiger partial charge in [-0.05, 0) is 18.2 Å². The van der Waals surface area contributed by atoms with Crippen molar-refractivity contribution in [1.82, 2.24) is 10.2 Å². The van der Waals surface area contributed by atoms with Crippen LogP contribution in [0.2, 0.25) is 0 Å². The van der Waals surface area contributed by atoms with E-state index in [0.29, 0.717) is 12.3 Å². The van der Waals surface area contributed by atoms with Crippen LogP contribution < -0.4 is 16.0 Å². The van der Waals surface area contributed by atoms with Crippen LogP contribution in [0.3, 0.4) is 0 Å². The lowest BCUT2D eigenvalue weighted by molar-refractivity contribution is -0.117. The number of carbonyl (C=O) groups is 2. The zero-order chi connectivity index (χ0) is 14.7. The molecule has 112 valence electrons. The zero-order valence-electron chi connectivity index (χ0n) is 11.6. The van der Waals surface area contributed by atoms with Crippen LogP contribution in [0.25, 0.3) is 0 Å². The molecule has 0 radical (unpaired) electrons. The Morgan fingerprint density at radius 3 is 2.95 bits per heavy atom. The summed E-state index contributed by atoms with van der Waals surface area (Å²) >= 11 is 1.51. The minimum Gasteiger partial charge on any atom is -0.325 e. The van der Waals surface area contributed by atoms with Crippen LogP contribution in [0.5, 0.6) is 0 Å². The van der Waals surface area contributed by atoms with Crippen molar-refractivity contribution in [1.29, 1.82) is 0 Å². The molecular weight excluding hydrogens is 288 g/mol. The number of hydrogen-bond donors (Lipinski definition) is 3. The van der Waals surface area contributed by atoms with Crippen molar-refractivity contribution in [2.45, 2.75) is 4.90 Å². The smallest absolute Gasteiger partial charge is 0.238 e. The molecule has 1 aromatic carbocycles. The highest BCUT2D eigenvalue weighted by molar-refractivity contribution is 8.00. The molecule has 2 aliphatic rings. The van der Waals surface area contributed by atoms with E-state index in [1.807, 2.05) is 18.2 Å². The number of benzene rings is 1. The van der Waals surface area contributed by atoms with Crippen molar-refractivity contribution in [3.05, 3.63) is 18.2 Å². The molecule has 1 fully saturated rings. The van der Waals surface area contributed by atoms with Gasteiger partial charge >= 0.3 is 0 Å². The van der Waals surface area contributed by atoms with E-state index in [9.17, 15) is 9.59 Å². The summed E-state index contributed by atoms with van der Waals surface area (Å²) in [7, 11) is 0. The average Bonchev–Trinajstić information content (AvgIpc) is 2.47. The number of hydrogen-bond acceptors (Lipinski definition) is 5. The Kier molecular flexibility index (Phi) is 4.42. The quantitative estimate of drug-likeness (QED) is 0.761. The lowest BCUT2D eigenvalue weighted by Crippen LogP contribution is -2.46. The Balaban J connectivity index is 1.60. The summed E-state index contributed by atoms with van der Waals surface area (Å²) in [6.45, 7) is 4.04. The average molecular weight is 306 g/mol. The molecule has 7 heteroatoms. The molecule has 1 aromatic rings. The first-order valence-corrected chi connectivity index (χ1v) is 7.99. The zero-order valence-corrected chi connectivity index (χ0v) is 12.5. The molecule has 0 bridgehead atoms. The van der Waals surface area contributed by atoms with Crippen molar-refractivity contribution in [3.63, 3.8) is 0 Å². The van der Waals surface area contributed by atoms with Gasteiger partial charge in [0.15, 0.2) is 0 Å². The largest absolute Gasteiger partial charge is 0.325 e. The Labute approximate surface area is 127 Å². The standard InChI is InChI=1S/C14H18N4O2S/c19-13(8-18-5-3-15-4-6-18)16-10-1-2-12-11(7-10)17-14(20)9-21-12/h1-2,7,15H,3-6,8-9H2,(H,16,19)(H,17,20). The lowest BCUT2D eigenvalue weighted by Gasteiger charge is -2.26. The van der Waals surface area contributed by atoms with Crippen LogP contribution in [-0.2, 0) is 9.59 Å². The molecule has 3 N–H and O–H groups in total. The SMILES string of the molecule is O=C(CN1CCNCC1)Nc1ccc2c(c1)NC(=O)CS2. The molecule has 0 spiro atoms. The van der Waals surface area contributed by atoms with Gasteiger partial charge in [-0.25, -0.2) is 0 Å². The van der Waals surface area contributed by atoms with E-state index in [1.54, 1.807) is 0 Å². The molecule has 1 saturated heterocycles. The fourth-order valence-electron chi connectivity index (χ4n) is 2.43. The van der Waals surface area contributed by atoms with Crippen molar-refractivity contribution < 1.29 is 9.59 Å². The molecule has 6 nitrogen and oxygen atoms in total. The van der Waals surface area contributed by atoms with Gasteiger partial charge in [0.2, 0.25) is 11.8 Å². The number of rotatable bonds is 3. The molecule has 0 atom stereocenters. The molecule has 2 amide bonds. The maximum Gasteiger partial charge on any atom is 0.238 e. The second-order valence-corrected chi connectivity index (χ2v) is 6.14. The van der Waals surface area contributed by atoms with Crippen LogP contribution in [-0.4, -0.2) is 55.2 Å². The van der Waals surface area contributed by atoms with Gasteiger partial charge in [-0.3, -0.25) is 14.5 Å². The first-order valence-electron chi connectivity index (χ1n) is 7.00. The molecule has 3 rings (SSSR count). The summed E-state index contributed by atoms with van der Waals surface area (Å²) in [6, 6.07) is 5.62. The number of carbonyl (C=O) groups excluding carboxylic acids is 2. The monoisotopic (exact) mass is 306 g/mol. The van der Waals surface area contributed by atoms with E-state index in [2.05, 4.69) is 20.9 Å². The molecular formula is C14H18N4O2S. The van der Waals surface area contributed by atoms with Gasteiger partial charge in [-0.2, -0.15) is 0 Å². The lowest BCUT2D eigenvalue weighted by atomic mass is 10.2. The van der Waals surface area contributed by atoms with E-state index in [-0.39, 0.29) is 11.8 Å². The van der Waals surface area contributed by atoms with Gasteiger partial charge in [-0.15, -0.1) is 11.8 Å². The normalized spacial score (nSPS) is 18.8. The van der Waals surface area contributed by atoms with Crippen LogP contribution >= 0.6 is 11.8 Å². The van der Waals surface area contributed by atoms with Gasteiger partial charge in [0, 0.05) is 36.8 Å².